The molecule has 1 aliphatic carbocycles. The Bertz CT molecular complexity index is 496. The van der Waals surface area contributed by atoms with Gasteiger partial charge < -0.3 is 15.8 Å². The van der Waals surface area contributed by atoms with Crippen LogP contribution in [0.15, 0.2) is 12.1 Å². The van der Waals surface area contributed by atoms with Crippen LogP contribution in [0.1, 0.15) is 43.0 Å². The summed E-state index contributed by atoms with van der Waals surface area (Å²) in [6.07, 6.45) is 4.24. The highest BCUT2D eigenvalue weighted by atomic mass is 19.1. The third-order valence-corrected chi connectivity index (χ3v) is 3.69. The van der Waals surface area contributed by atoms with Gasteiger partial charge in [0, 0.05) is 11.2 Å². The van der Waals surface area contributed by atoms with E-state index in [0.717, 1.165) is 31.7 Å². The molecule has 0 aromatic heterocycles. The number of ether oxygens (including phenoxy) is 1. The summed E-state index contributed by atoms with van der Waals surface area (Å²) in [5.74, 6) is -1.00. The average molecular weight is 266 g/mol. The fraction of sp³-hybridized carbons (Fsp3) is 0.500. The first-order valence-electron chi connectivity index (χ1n) is 6.41. The van der Waals surface area contributed by atoms with E-state index in [1.165, 1.54) is 13.2 Å². The van der Waals surface area contributed by atoms with Crippen LogP contribution in [0.2, 0.25) is 0 Å². The fourth-order valence-corrected chi connectivity index (χ4v) is 2.58. The number of halogens is 1. The van der Waals surface area contributed by atoms with Crippen LogP contribution in [0, 0.1) is 5.82 Å². The third kappa shape index (κ3) is 2.80. The SMILES string of the molecule is COC(=O)c1cc(NC2(C)CCCC2)c(F)cc1N. The first-order valence-corrected chi connectivity index (χ1v) is 6.41. The Labute approximate surface area is 112 Å². The van der Waals surface area contributed by atoms with E-state index in [-0.39, 0.29) is 16.8 Å². The third-order valence-electron chi connectivity index (χ3n) is 3.69. The Morgan fingerprint density at radius 3 is 2.63 bits per heavy atom. The molecule has 3 N–H and O–H groups in total. The zero-order valence-corrected chi connectivity index (χ0v) is 11.3. The van der Waals surface area contributed by atoms with Crippen molar-refractivity contribution in [3.8, 4) is 0 Å². The lowest BCUT2D eigenvalue weighted by atomic mass is 9.99. The zero-order chi connectivity index (χ0) is 14.0. The highest BCUT2D eigenvalue weighted by Gasteiger charge is 2.29. The number of benzene rings is 1. The molecule has 0 spiro atoms. The summed E-state index contributed by atoms with van der Waals surface area (Å²) in [6.45, 7) is 2.06. The molecule has 1 fully saturated rings. The molecule has 1 aromatic carbocycles. The van der Waals surface area contributed by atoms with Gasteiger partial charge in [0.15, 0.2) is 0 Å². The molecule has 0 amide bonds. The molecule has 4 nitrogen and oxygen atoms in total. The second kappa shape index (κ2) is 5.07. The molecule has 0 aliphatic heterocycles. The van der Waals surface area contributed by atoms with Gasteiger partial charge in [0.25, 0.3) is 0 Å². The molecule has 0 saturated heterocycles. The van der Waals surface area contributed by atoms with Crippen molar-refractivity contribution in [1.29, 1.82) is 0 Å². The van der Waals surface area contributed by atoms with Crippen LogP contribution in [-0.4, -0.2) is 18.6 Å². The minimum absolute atomic E-state index is 0.0893. The Morgan fingerprint density at radius 1 is 1.42 bits per heavy atom. The van der Waals surface area contributed by atoms with E-state index >= 15 is 0 Å². The number of methoxy groups -OCH3 is 1. The zero-order valence-electron chi connectivity index (χ0n) is 11.3. The summed E-state index contributed by atoms with van der Waals surface area (Å²) in [6, 6.07) is 2.59. The smallest absolute Gasteiger partial charge is 0.340 e. The highest BCUT2D eigenvalue weighted by molar-refractivity contribution is 5.96. The van der Waals surface area contributed by atoms with Gasteiger partial charge in [0.1, 0.15) is 5.82 Å². The monoisotopic (exact) mass is 266 g/mol. The van der Waals surface area contributed by atoms with Crippen molar-refractivity contribution in [2.45, 2.75) is 38.1 Å². The molecular formula is C14H19FN2O2. The number of nitrogens with two attached hydrogens (primary N) is 1. The predicted molar refractivity (Wildman–Crippen MR) is 72.6 cm³/mol. The molecule has 1 saturated carbocycles. The lowest BCUT2D eigenvalue weighted by Gasteiger charge is -2.27. The molecule has 0 radical (unpaired) electrons. The number of hydrogen-bond donors (Lipinski definition) is 2. The Morgan fingerprint density at radius 2 is 2.05 bits per heavy atom. The number of hydrogen-bond acceptors (Lipinski definition) is 4. The molecule has 19 heavy (non-hydrogen) atoms. The minimum atomic E-state index is -0.558. The Hall–Kier alpha value is -1.78. The number of nitrogens with one attached hydrogen (secondary N) is 1. The van der Waals surface area contributed by atoms with E-state index in [0.29, 0.717) is 5.69 Å². The average Bonchev–Trinajstić information content (AvgIpc) is 2.78. The van der Waals surface area contributed by atoms with Gasteiger partial charge in [-0.15, -0.1) is 0 Å². The van der Waals surface area contributed by atoms with Crippen LogP contribution in [-0.2, 0) is 4.74 Å². The summed E-state index contributed by atoms with van der Waals surface area (Å²) in [7, 11) is 1.27. The fourth-order valence-electron chi connectivity index (χ4n) is 2.58. The summed E-state index contributed by atoms with van der Waals surface area (Å²) in [5.41, 5.74) is 6.10. The Kier molecular flexibility index (Phi) is 3.64. The van der Waals surface area contributed by atoms with Gasteiger partial charge in [-0.05, 0) is 31.9 Å². The summed E-state index contributed by atoms with van der Waals surface area (Å²) >= 11 is 0. The summed E-state index contributed by atoms with van der Waals surface area (Å²) in [4.78, 5) is 11.6. The van der Waals surface area contributed by atoms with Crippen LogP contribution < -0.4 is 11.1 Å². The molecule has 0 heterocycles. The lowest BCUT2D eigenvalue weighted by molar-refractivity contribution is 0.0602. The van der Waals surface area contributed by atoms with Crippen molar-refractivity contribution in [2.24, 2.45) is 0 Å². The normalized spacial score (nSPS) is 17.2. The van der Waals surface area contributed by atoms with Gasteiger partial charge in [-0.3, -0.25) is 0 Å². The van der Waals surface area contributed by atoms with Crippen LogP contribution in [0.5, 0.6) is 0 Å². The number of anilines is 2. The second-order valence-electron chi connectivity index (χ2n) is 5.30. The largest absolute Gasteiger partial charge is 0.465 e. The maximum atomic E-state index is 13.9. The van der Waals surface area contributed by atoms with E-state index in [2.05, 4.69) is 17.0 Å². The van der Waals surface area contributed by atoms with Crippen molar-refractivity contribution >= 4 is 17.3 Å². The van der Waals surface area contributed by atoms with Crippen LogP contribution >= 0.6 is 0 Å². The van der Waals surface area contributed by atoms with E-state index in [1.807, 2.05) is 0 Å². The quantitative estimate of drug-likeness (QED) is 0.652. The van der Waals surface area contributed by atoms with E-state index < -0.39 is 11.8 Å². The molecular weight excluding hydrogens is 247 g/mol. The molecule has 2 rings (SSSR count). The topological polar surface area (TPSA) is 64.3 Å². The molecule has 5 heteroatoms. The van der Waals surface area contributed by atoms with Crippen LogP contribution in [0.4, 0.5) is 15.8 Å². The van der Waals surface area contributed by atoms with Gasteiger partial charge in [-0.25, -0.2) is 9.18 Å². The van der Waals surface area contributed by atoms with Crippen molar-refractivity contribution < 1.29 is 13.9 Å². The highest BCUT2D eigenvalue weighted by Crippen LogP contribution is 2.34. The van der Waals surface area contributed by atoms with Crippen molar-refractivity contribution in [3.05, 3.63) is 23.5 Å². The van der Waals surface area contributed by atoms with E-state index in [4.69, 9.17) is 5.73 Å². The first-order chi connectivity index (χ1) is 8.95. The second-order valence-corrected chi connectivity index (χ2v) is 5.30. The number of nitrogen functional groups attached to an aromatic ring is 1. The van der Waals surface area contributed by atoms with Crippen molar-refractivity contribution in [3.63, 3.8) is 0 Å². The number of carbonyl (C=O) groups excluding carboxylic acids is 1. The molecule has 1 aromatic rings. The first kappa shape index (κ1) is 13.6. The van der Waals surface area contributed by atoms with Crippen molar-refractivity contribution in [2.75, 3.05) is 18.2 Å². The van der Waals surface area contributed by atoms with Gasteiger partial charge in [0.05, 0.1) is 18.4 Å². The summed E-state index contributed by atoms with van der Waals surface area (Å²) < 4.78 is 18.6. The summed E-state index contributed by atoms with van der Waals surface area (Å²) in [5, 5.41) is 3.19. The number of carbonyl (C=O) groups is 1. The van der Waals surface area contributed by atoms with Crippen LogP contribution in [0.3, 0.4) is 0 Å². The predicted octanol–water partition coefficient (Wildman–Crippen LogP) is 2.94. The van der Waals surface area contributed by atoms with Crippen molar-refractivity contribution in [1.82, 2.24) is 0 Å². The molecule has 0 bridgehead atoms. The molecule has 0 atom stereocenters. The molecule has 1 aliphatic rings. The number of esters is 1. The Balaban J connectivity index is 2.32. The maximum absolute atomic E-state index is 13.9. The van der Waals surface area contributed by atoms with Gasteiger partial charge in [0.2, 0.25) is 0 Å². The van der Waals surface area contributed by atoms with E-state index in [9.17, 15) is 9.18 Å². The van der Waals surface area contributed by atoms with Gasteiger partial charge in [-0.2, -0.15) is 0 Å². The molecule has 0 unspecified atom stereocenters. The van der Waals surface area contributed by atoms with E-state index in [1.54, 1.807) is 0 Å². The standard InChI is InChI=1S/C14H19FN2O2/c1-14(5-3-4-6-14)17-12-7-9(13(18)19-2)11(16)8-10(12)15/h7-8,17H,3-6,16H2,1-2H3. The van der Waals surface area contributed by atoms with Crippen LogP contribution in [0.25, 0.3) is 0 Å². The minimum Gasteiger partial charge on any atom is -0.465 e. The lowest BCUT2D eigenvalue weighted by Crippen LogP contribution is -2.31. The van der Waals surface area contributed by atoms with Gasteiger partial charge in [-0.1, -0.05) is 12.8 Å². The number of rotatable bonds is 3. The maximum Gasteiger partial charge on any atom is 0.340 e. The van der Waals surface area contributed by atoms with Gasteiger partial charge >= 0.3 is 5.97 Å². The molecule has 104 valence electrons.